The van der Waals surface area contributed by atoms with Crippen LogP contribution >= 0.6 is 22.9 Å². The first-order valence-corrected chi connectivity index (χ1v) is 10.2. The van der Waals surface area contributed by atoms with Gasteiger partial charge in [-0.3, -0.25) is 9.69 Å². The van der Waals surface area contributed by atoms with Crippen molar-refractivity contribution in [3.63, 3.8) is 0 Å². The second kappa shape index (κ2) is 8.25. The molecule has 3 aromatic rings. The van der Waals surface area contributed by atoms with Gasteiger partial charge in [-0.2, -0.15) is 0 Å². The van der Waals surface area contributed by atoms with Crippen LogP contribution in [0.2, 0.25) is 5.02 Å². The van der Waals surface area contributed by atoms with Crippen molar-refractivity contribution < 1.29 is 9.32 Å². The molecule has 0 saturated carbocycles. The number of carbonyl (C=O) groups is 1. The monoisotopic (exact) mass is 401 g/mol. The molecule has 1 unspecified atom stereocenters. The van der Waals surface area contributed by atoms with Crippen LogP contribution in [0.15, 0.2) is 52.4 Å². The summed E-state index contributed by atoms with van der Waals surface area (Å²) in [6.45, 7) is 2.56. The van der Waals surface area contributed by atoms with Crippen molar-refractivity contribution in [2.45, 2.75) is 18.9 Å². The molecule has 4 rings (SSSR count). The molecule has 0 spiro atoms. The molecule has 1 atom stereocenters. The summed E-state index contributed by atoms with van der Waals surface area (Å²) >= 11 is 7.73. The highest BCUT2D eigenvalue weighted by atomic mass is 35.5. The van der Waals surface area contributed by atoms with E-state index in [1.807, 2.05) is 35.7 Å². The molecule has 0 radical (unpaired) electrons. The third kappa shape index (κ3) is 4.24. The minimum atomic E-state index is -0.229. The molecule has 7 heteroatoms. The maximum atomic E-state index is 12.6. The minimum absolute atomic E-state index is 0.0961. The highest BCUT2D eigenvalue weighted by Gasteiger charge is 2.25. The van der Waals surface area contributed by atoms with Gasteiger partial charge in [-0.15, -0.1) is 11.3 Å². The van der Waals surface area contributed by atoms with Crippen molar-refractivity contribution in [1.82, 2.24) is 15.4 Å². The smallest absolute Gasteiger partial charge is 0.273 e. The zero-order valence-electron chi connectivity index (χ0n) is 14.7. The van der Waals surface area contributed by atoms with Crippen LogP contribution in [-0.4, -0.2) is 35.6 Å². The van der Waals surface area contributed by atoms with E-state index in [0.717, 1.165) is 23.5 Å². The Morgan fingerprint density at radius 2 is 2.11 bits per heavy atom. The first-order valence-electron chi connectivity index (χ1n) is 8.99. The first-order chi connectivity index (χ1) is 13.2. The number of carbonyl (C=O) groups excluding carboxylic acids is 1. The number of aromatic nitrogens is 1. The Morgan fingerprint density at radius 3 is 2.85 bits per heavy atom. The Hall–Kier alpha value is -2.15. The summed E-state index contributed by atoms with van der Waals surface area (Å²) in [7, 11) is 0. The largest absolute Gasteiger partial charge is 0.355 e. The van der Waals surface area contributed by atoms with E-state index in [1.54, 1.807) is 17.4 Å². The van der Waals surface area contributed by atoms with Crippen LogP contribution < -0.4 is 5.32 Å². The fourth-order valence-corrected chi connectivity index (χ4v) is 4.29. The second-order valence-corrected chi connectivity index (χ2v) is 7.96. The number of benzene rings is 1. The molecule has 1 aliphatic heterocycles. The molecule has 140 valence electrons. The van der Waals surface area contributed by atoms with Gasteiger partial charge in [0.2, 0.25) is 0 Å². The zero-order valence-corrected chi connectivity index (χ0v) is 16.3. The highest BCUT2D eigenvalue weighted by Crippen LogP contribution is 2.27. The van der Waals surface area contributed by atoms with Gasteiger partial charge in [0.15, 0.2) is 11.5 Å². The number of hydrogen-bond acceptors (Lipinski definition) is 5. The summed E-state index contributed by atoms with van der Waals surface area (Å²) in [5.41, 5.74) is 1.41. The number of halogens is 1. The fourth-order valence-electron chi connectivity index (χ4n) is 3.42. The Balaban J connectivity index is 1.46. The lowest BCUT2D eigenvalue weighted by Gasteiger charge is -2.28. The predicted molar refractivity (Wildman–Crippen MR) is 107 cm³/mol. The molecule has 1 fully saturated rings. The maximum absolute atomic E-state index is 12.6. The van der Waals surface area contributed by atoms with Gasteiger partial charge in [-0.1, -0.05) is 35.0 Å². The van der Waals surface area contributed by atoms with E-state index in [0.29, 0.717) is 23.0 Å². The number of amides is 1. The molecule has 0 bridgehead atoms. The summed E-state index contributed by atoms with van der Waals surface area (Å²) in [5, 5.41) is 9.60. The van der Waals surface area contributed by atoms with Gasteiger partial charge >= 0.3 is 0 Å². The Bertz CT molecular complexity index is 904. The third-order valence-corrected chi connectivity index (χ3v) is 5.90. The van der Waals surface area contributed by atoms with Crippen molar-refractivity contribution >= 4 is 28.8 Å². The Morgan fingerprint density at radius 1 is 1.26 bits per heavy atom. The van der Waals surface area contributed by atoms with E-state index in [1.165, 1.54) is 12.8 Å². The Kier molecular flexibility index (Phi) is 5.57. The normalized spacial score (nSPS) is 15.7. The van der Waals surface area contributed by atoms with Crippen LogP contribution in [0.5, 0.6) is 0 Å². The van der Waals surface area contributed by atoms with Crippen LogP contribution in [0.3, 0.4) is 0 Å². The second-order valence-electron chi connectivity index (χ2n) is 6.58. The van der Waals surface area contributed by atoms with Crippen LogP contribution in [0, 0.1) is 0 Å². The molecule has 3 heterocycles. The standard InChI is InChI=1S/C20H20ClN3O2S/c21-15-6-3-5-14(11-15)17(24-8-1-2-9-24)13-22-20(25)16-12-18(26-23-16)19-7-4-10-27-19/h3-7,10-12,17H,1-2,8-9,13H2,(H,22,25). The van der Waals surface area contributed by atoms with Crippen molar-refractivity contribution in [2.24, 2.45) is 0 Å². The van der Waals surface area contributed by atoms with Gasteiger partial charge in [0.05, 0.1) is 10.9 Å². The molecule has 5 nitrogen and oxygen atoms in total. The van der Waals surface area contributed by atoms with Gasteiger partial charge in [0.1, 0.15) is 0 Å². The first kappa shape index (κ1) is 18.2. The third-order valence-electron chi connectivity index (χ3n) is 4.78. The molecule has 1 amide bonds. The average molecular weight is 402 g/mol. The van der Waals surface area contributed by atoms with E-state index in [2.05, 4.69) is 21.4 Å². The Labute approximate surface area is 166 Å². The highest BCUT2D eigenvalue weighted by molar-refractivity contribution is 7.13. The molecule has 2 aromatic heterocycles. The van der Waals surface area contributed by atoms with Gasteiger partial charge in [-0.25, -0.2) is 0 Å². The van der Waals surface area contributed by atoms with E-state index in [4.69, 9.17) is 16.1 Å². The van der Waals surface area contributed by atoms with Crippen LogP contribution in [-0.2, 0) is 0 Å². The molecule has 1 N–H and O–H groups in total. The quantitative estimate of drug-likeness (QED) is 0.654. The summed E-state index contributed by atoms with van der Waals surface area (Å²) in [5.74, 6) is 0.383. The van der Waals surface area contributed by atoms with Crippen molar-refractivity contribution in [3.05, 3.63) is 64.1 Å². The SMILES string of the molecule is O=C(NCC(c1cccc(Cl)c1)N1CCCC1)c1cc(-c2cccs2)on1. The van der Waals surface area contributed by atoms with E-state index in [-0.39, 0.29) is 11.9 Å². The molecule has 1 saturated heterocycles. The fraction of sp³-hybridized carbons (Fsp3) is 0.300. The summed E-state index contributed by atoms with van der Waals surface area (Å²) in [6.07, 6.45) is 2.36. The predicted octanol–water partition coefficient (Wildman–Crippen LogP) is 4.62. The number of nitrogens with zero attached hydrogens (tertiary/aromatic N) is 2. The summed E-state index contributed by atoms with van der Waals surface area (Å²) in [4.78, 5) is 15.9. The van der Waals surface area contributed by atoms with Crippen LogP contribution in [0.4, 0.5) is 0 Å². The summed E-state index contributed by atoms with van der Waals surface area (Å²) in [6, 6.07) is 13.5. The van der Waals surface area contributed by atoms with E-state index in [9.17, 15) is 4.79 Å². The average Bonchev–Trinajstić information content (AvgIpc) is 3.42. The molecular weight excluding hydrogens is 382 g/mol. The molecule has 1 aliphatic rings. The van der Waals surface area contributed by atoms with Gasteiger partial charge in [0.25, 0.3) is 5.91 Å². The van der Waals surface area contributed by atoms with Crippen LogP contribution in [0.1, 0.15) is 34.9 Å². The maximum Gasteiger partial charge on any atom is 0.273 e. The van der Waals surface area contributed by atoms with Gasteiger partial charge < -0.3 is 9.84 Å². The summed E-state index contributed by atoms with van der Waals surface area (Å²) < 4.78 is 5.31. The topological polar surface area (TPSA) is 58.4 Å². The van der Waals surface area contributed by atoms with Gasteiger partial charge in [-0.05, 0) is 55.1 Å². The van der Waals surface area contributed by atoms with Crippen molar-refractivity contribution in [1.29, 1.82) is 0 Å². The zero-order chi connectivity index (χ0) is 18.6. The molecule has 1 aromatic carbocycles. The number of rotatable bonds is 6. The molecule has 27 heavy (non-hydrogen) atoms. The number of thiophene rings is 1. The lowest BCUT2D eigenvalue weighted by atomic mass is 10.1. The number of likely N-dealkylation sites (tertiary alicyclic amines) is 1. The number of hydrogen-bond donors (Lipinski definition) is 1. The van der Waals surface area contributed by atoms with Gasteiger partial charge in [0, 0.05) is 17.6 Å². The minimum Gasteiger partial charge on any atom is -0.355 e. The molecule has 0 aliphatic carbocycles. The van der Waals surface area contributed by atoms with E-state index < -0.39 is 0 Å². The lowest BCUT2D eigenvalue weighted by molar-refractivity contribution is 0.0929. The van der Waals surface area contributed by atoms with Crippen LogP contribution in [0.25, 0.3) is 10.6 Å². The van der Waals surface area contributed by atoms with Crippen molar-refractivity contribution in [3.8, 4) is 10.6 Å². The van der Waals surface area contributed by atoms with Crippen molar-refractivity contribution in [2.75, 3.05) is 19.6 Å². The van der Waals surface area contributed by atoms with E-state index >= 15 is 0 Å². The number of nitrogens with one attached hydrogen (secondary N) is 1. The lowest BCUT2D eigenvalue weighted by Crippen LogP contribution is -2.36. The molecular formula is C20H20ClN3O2S.